The van der Waals surface area contributed by atoms with Gasteiger partial charge in [-0.05, 0) is 50.2 Å². The lowest BCUT2D eigenvalue weighted by molar-refractivity contribution is -0.136. The van der Waals surface area contributed by atoms with Crippen molar-refractivity contribution in [1.29, 1.82) is 0 Å². The van der Waals surface area contributed by atoms with E-state index in [0.29, 0.717) is 22.8 Å². The molecule has 0 saturated carbocycles. The zero-order chi connectivity index (χ0) is 27.3. The van der Waals surface area contributed by atoms with E-state index in [9.17, 15) is 14.4 Å². The van der Waals surface area contributed by atoms with Crippen molar-refractivity contribution >= 4 is 52.0 Å². The van der Waals surface area contributed by atoms with Crippen LogP contribution in [0.4, 0.5) is 17.1 Å². The fourth-order valence-corrected chi connectivity index (χ4v) is 5.68. The van der Waals surface area contributed by atoms with E-state index in [1.807, 2.05) is 18.2 Å². The lowest BCUT2D eigenvalue weighted by Gasteiger charge is -2.36. The minimum absolute atomic E-state index is 0.0691. The molecular weight excluding hydrogens is 494 g/mol. The molecule has 3 aliphatic heterocycles. The maximum atomic E-state index is 14.6. The van der Waals surface area contributed by atoms with Crippen LogP contribution in [0.3, 0.4) is 0 Å². The number of nitrogens with two attached hydrogens (primary N) is 1. The number of anilines is 3. The fraction of sp³-hybridized carbons (Fsp3) is 0.172. The molecule has 3 atom stereocenters. The lowest BCUT2D eigenvalue weighted by atomic mass is 9.61. The Hall–Kier alpha value is -5.12. The first-order valence-electron chi connectivity index (χ1n) is 12.5. The number of hydrogen-bond donors (Lipinski definition) is 1. The Kier molecular flexibility index (Phi) is 5.60. The smallest absolute Gasteiger partial charge is 0.261 e. The van der Waals surface area contributed by atoms with Gasteiger partial charge in [0.2, 0.25) is 0 Å². The van der Waals surface area contributed by atoms with Crippen LogP contribution in [0, 0.1) is 17.3 Å². The molecule has 0 spiro atoms. The molecular formula is C29H25N7O3. The predicted molar refractivity (Wildman–Crippen MR) is 149 cm³/mol. The number of carbonyl (C=O) groups excluding carboxylic acids is 3. The largest absolute Gasteiger partial charge is 0.385 e. The van der Waals surface area contributed by atoms with Gasteiger partial charge in [-0.1, -0.05) is 54.6 Å². The number of rotatable bonds is 5. The monoisotopic (exact) mass is 519 g/mol. The van der Waals surface area contributed by atoms with Crippen LogP contribution in [0.5, 0.6) is 0 Å². The summed E-state index contributed by atoms with van der Waals surface area (Å²) in [7, 11) is 0. The molecule has 0 saturated heterocycles. The van der Waals surface area contributed by atoms with Crippen LogP contribution in [0.25, 0.3) is 0 Å². The zero-order valence-corrected chi connectivity index (χ0v) is 21.3. The van der Waals surface area contributed by atoms with Gasteiger partial charge in [-0.25, -0.2) is 5.01 Å². The van der Waals surface area contributed by atoms with E-state index in [1.54, 1.807) is 86.6 Å². The molecule has 3 aromatic carbocycles. The normalized spacial score (nSPS) is 24.8. The molecule has 0 radical (unpaired) electrons. The Morgan fingerprint density at radius 2 is 1.05 bits per heavy atom. The van der Waals surface area contributed by atoms with E-state index in [4.69, 9.17) is 5.73 Å². The maximum Gasteiger partial charge on any atom is 0.261 e. The van der Waals surface area contributed by atoms with E-state index < -0.39 is 35.0 Å². The van der Waals surface area contributed by atoms with Gasteiger partial charge >= 0.3 is 0 Å². The average Bonchev–Trinajstić information content (AvgIpc) is 3.53. The van der Waals surface area contributed by atoms with Gasteiger partial charge in [0.05, 0.1) is 22.8 Å². The third-order valence-electron chi connectivity index (χ3n) is 7.41. The van der Waals surface area contributed by atoms with Crippen molar-refractivity contribution in [3.05, 3.63) is 91.0 Å². The number of amidine groups is 1. The molecule has 3 aromatic rings. The highest BCUT2D eigenvalue weighted by Gasteiger charge is 2.69. The number of benzene rings is 3. The molecule has 0 aromatic heterocycles. The van der Waals surface area contributed by atoms with Crippen LogP contribution in [-0.4, -0.2) is 35.0 Å². The van der Waals surface area contributed by atoms with Crippen LogP contribution < -0.4 is 20.8 Å². The molecule has 2 N–H and O–H groups in total. The van der Waals surface area contributed by atoms with Gasteiger partial charge in [0.15, 0.2) is 0 Å². The van der Waals surface area contributed by atoms with Crippen LogP contribution in [0.2, 0.25) is 0 Å². The number of amides is 3. The first-order valence-corrected chi connectivity index (χ1v) is 12.5. The van der Waals surface area contributed by atoms with Gasteiger partial charge in [-0.2, -0.15) is 25.3 Å². The van der Waals surface area contributed by atoms with Crippen LogP contribution >= 0.6 is 0 Å². The van der Waals surface area contributed by atoms with Crippen LogP contribution in [0.1, 0.15) is 13.8 Å². The van der Waals surface area contributed by atoms with E-state index in [1.165, 1.54) is 15.0 Å². The van der Waals surface area contributed by atoms with E-state index in [2.05, 4.69) is 15.3 Å². The molecule has 6 rings (SSSR count). The van der Waals surface area contributed by atoms with Gasteiger partial charge in [0, 0.05) is 5.71 Å². The van der Waals surface area contributed by atoms with Crippen molar-refractivity contribution in [3.8, 4) is 0 Å². The Morgan fingerprint density at radius 1 is 0.615 bits per heavy atom. The third kappa shape index (κ3) is 3.48. The van der Waals surface area contributed by atoms with Crippen molar-refractivity contribution in [2.45, 2.75) is 13.8 Å². The highest BCUT2D eigenvalue weighted by molar-refractivity contribution is 6.33. The Labute approximate surface area is 224 Å². The second-order valence-corrected chi connectivity index (χ2v) is 9.61. The Bertz CT molecular complexity index is 1490. The number of para-hydroxylation sites is 3. The molecule has 194 valence electrons. The zero-order valence-electron chi connectivity index (χ0n) is 21.3. The number of carbonyl (C=O) groups is 3. The second-order valence-electron chi connectivity index (χ2n) is 9.61. The fourth-order valence-electron chi connectivity index (χ4n) is 5.68. The SMILES string of the molecule is CC1=NN(c2ccccc2)C(=O)[C@@H]1[C@@]1([C@@H]2C(=O)N(c3ccccc3)N=C2N)C(=O)N(c2ccccc2)N=C1C. The predicted octanol–water partition coefficient (Wildman–Crippen LogP) is 3.37. The summed E-state index contributed by atoms with van der Waals surface area (Å²) in [5.41, 5.74) is 6.90. The summed E-state index contributed by atoms with van der Waals surface area (Å²) in [5.74, 6) is -4.00. The highest BCUT2D eigenvalue weighted by Crippen LogP contribution is 2.50. The summed E-state index contributed by atoms with van der Waals surface area (Å²) in [6.45, 7) is 3.33. The number of hydrogen-bond acceptors (Lipinski definition) is 7. The average molecular weight is 520 g/mol. The maximum absolute atomic E-state index is 14.6. The lowest BCUT2D eigenvalue weighted by Crippen LogP contribution is -2.59. The molecule has 3 amide bonds. The van der Waals surface area contributed by atoms with Crippen molar-refractivity contribution in [1.82, 2.24) is 0 Å². The van der Waals surface area contributed by atoms with Crippen molar-refractivity contribution in [3.63, 3.8) is 0 Å². The molecule has 3 heterocycles. The first-order chi connectivity index (χ1) is 18.9. The highest BCUT2D eigenvalue weighted by atomic mass is 16.2. The number of nitrogens with zero attached hydrogens (tertiary/aromatic N) is 6. The summed E-state index contributed by atoms with van der Waals surface area (Å²) in [4.78, 5) is 42.8. The third-order valence-corrected chi connectivity index (χ3v) is 7.41. The molecule has 3 aliphatic rings. The Morgan fingerprint density at radius 3 is 1.56 bits per heavy atom. The van der Waals surface area contributed by atoms with E-state index in [-0.39, 0.29) is 11.5 Å². The summed E-state index contributed by atoms with van der Waals surface area (Å²) in [6.07, 6.45) is 0. The standard InChI is InChI=1S/C29H25N7O3/c1-18-23(26(37)34(31-18)20-12-6-3-7-13-20)29(19(2)32-36(28(29)39)22-16-10-5-11-17-22)24-25(30)33-35(27(24)38)21-14-8-4-9-15-21/h3-17,23-24H,1-2H3,(H2,30,33)/t23-,24+,29+/m1/s1. The van der Waals surface area contributed by atoms with Gasteiger partial charge in [0.1, 0.15) is 23.1 Å². The molecule has 0 bridgehead atoms. The van der Waals surface area contributed by atoms with E-state index in [0.717, 1.165) is 0 Å². The van der Waals surface area contributed by atoms with Crippen LogP contribution in [-0.2, 0) is 14.4 Å². The first kappa shape index (κ1) is 24.2. The van der Waals surface area contributed by atoms with Gasteiger partial charge in [0.25, 0.3) is 17.7 Å². The molecule has 0 aliphatic carbocycles. The topological polar surface area (TPSA) is 124 Å². The summed E-state index contributed by atoms with van der Waals surface area (Å²) >= 11 is 0. The molecule has 39 heavy (non-hydrogen) atoms. The summed E-state index contributed by atoms with van der Waals surface area (Å²) in [5, 5.41) is 17.2. The van der Waals surface area contributed by atoms with Crippen molar-refractivity contribution < 1.29 is 14.4 Å². The van der Waals surface area contributed by atoms with E-state index >= 15 is 0 Å². The Balaban J connectivity index is 1.51. The minimum atomic E-state index is -1.78. The summed E-state index contributed by atoms with van der Waals surface area (Å²) < 4.78 is 0. The molecule has 10 heteroatoms. The van der Waals surface area contributed by atoms with Crippen LogP contribution in [0.15, 0.2) is 106 Å². The van der Waals surface area contributed by atoms with Gasteiger partial charge in [-0.15, -0.1) is 0 Å². The van der Waals surface area contributed by atoms with Crippen molar-refractivity contribution in [2.75, 3.05) is 15.0 Å². The molecule has 0 fully saturated rings. The van der Waals surface area contributed by atoms with Gasteiger partial charge in [-0.3, -0.25) is 14.4 Å². The van der Waals surface area contributed by atoms with Crippen molar-refractivity contribution in [2.24, 2.45) is 38.3 Å². The number of hydrazone groups is 3. The quantitative estimate of drug-likeness (QED) is 0.555. The minimum Gasteiger partial charge on any atom is -0.385 e. The second kappa shape index (κ2) is 9.02. The summed E-state index contributed by atoms with van der Waals surface area (Å²) in [6, 6.07) is 26.6. The van der Waals surface area contributed by atoms with Gasteiger partial charge < -0.3 is 5.73 Å². The molecule has 10 nitrogen and oxygen atoms in total. The molecule has 0 unspecified atom stereocenters.